The normalized spacial score (nSPS) is 12.3. The highest BCUT2D eigenvalue weighted by molar-refractivity contribution is 4.85. The van der Waals surface area contributed by atoms with Gasteiger partial charge in [-0.15, -0.1) is 13.2 Å². The minimum atomic E-state index is -0.901. The Balaban J connectivity index is 3.34. The molecule has 0 radical (unpaired) electrons. The van der Waals surface area contributed by atoms with Gasteiger partial charge in [-0.2, -0.15) is 0 Å². The fourth-order valence-electron chi connectivity index (χ4n) is 2.46. The van der Waals surface area contributed by atoms with Crippen molar-refractivity contribution in [3.8, 4) is 0 Å². The number of allylic oxidation sites excluding steroid dienone is 2. The van der Waals surface area contributed by atoms with Gasteiger partial charge in [-0.1, -0.05) is 26.0 Å². The number of nitrogens with zero attached hydrogens (tertiary/aromatic N) is 4. The molecule has 0 aliphatic carbocycles. The molecule has 1 aromatic rings. The van der Waals surface area contributed by atoms with Crippen molar-refractivity contribution in [2.24, 2.45) is 0 Å². The Labute approximate surface area is 140 Å². The van der Waals surface area contributed by atoms with Crippen LogP contribution in [-0.4, -0.2) is 49.4 Å². The van der Waals surface area contributed by atoms with Crippen LogP contribution in [-0.2, 0) is 19.6 Å². The van der Waals surface area contributed by atoms with E-state index in [1.165, 1.54) is 12.2 Å². The summed E-state index contributed by atoms with van der Waals surface area (Å²) in [4.78, 5) is 39.1. The van der Waals surface area contributed by atoms with Crippen LogP contribution >= 0.6 is 0 Å². The molecule has 0 spiro atoms. The van der Waals surface area contributed by atoms with Crippen LogP contribution in [0.5, 0.6) is 0 Å². The number of hydrogen-bond acceptors (Lipinski definition) is 5. The summed E-state index contributed by atoms with van der Waals surface area (Å²) in [6.07, 6.45) is 1.91. The standard InChI is InChI=1S/C16H26N4O4/c1-5-9-18-14(22)19(10-6-2)16(24)20(15(18)23)12-13(21)11-17(7-3)8-4/h5-6,13,21H,1-2,7-12H2,3-4H3. The molecule has 134 valence electrons. The van der Waals surface area contributed by atoms with E-state index in [-0.39, 0.29) is 19.6 Å². The monoisotopic (exact) mass is 338 g/mol. The zero-order valence-electron chi connectivity index (χ0n) is 14.3. The molecule has 1 unspecified atom stereocenters. The highest BCUT2D eigenvalue weighted by atomic mass is 16.3. The summed E-state index contributed by atoms with van der Waals surface area (Å²) in [6.45, 7) is 12.6. The zero-order chi connectivity index (χ0) is 18.3. The SMILES string of the molecule is C=CCn1c(=O)n(CC=C)c(=O)n(CC(O)CN(CC)CC)c1=O. The molecule has 0 saturated carbocycles. The first-order valence-corrected chi connectivity index (χ1v) is 7.97. The second kappa shape index (κ2) is 9.19. The first-order valence-electron chi connectivity index (χ1n) is 7.97. The minimum absolute atomic E-state index is 0.0127. The summed E-state index contributed by atoms with van der Waals surface area (Å²) in [5.41, 5.74) is -2.20. The number of likely N-dealkylation sites (N-methyl/N-ethyl adjacent to an activating group) is 1. The lowest BCUT2D eigenvalue weighted by Crippen LogP contribution is -2.55. The Morgan fingerprint density at radius 1 is 0.958 bits per heavy atom. The predicted molar refractivity (Wildman–Crippen MR) is 93.4 cm³/mol. The fraction of sp³-hybridized carbons (Fsp3) is 0.562. The van der Waals surface area contributed by atoms with Crippen molar-refractivity contribution in [3.05, 3.63) is 56.8 Å². The van der Waals surface area contributed by atoms with Crippen LogP contribution in [0.25, 0.3) is 0 Å². The highest BCUT2D eigenvalue weighted by Gasteiger charge is 2.17. The maximum absolute atomic E-state index is 12.4. The molecule has 1 aromatic heterocycles. The number of aromatic nitrogens is 3. The minimum Gasteiger partial charge on any atom is -0.390 e. The molecule has 1 rings (SSSR count). The van der Waals surface area contributed by atoms with E-state index in [1.807, 2.05) is 18.7 Å². The number of rotatable bonds is 10. The van der Waals surface area contributed by atoms with Crippen LogP contribution in [0.15, 0.2) is 39.7 Å². The van der Waals surface area contributed by atoms with E-state index in [9.17, 15) is 19.5 Å². The van der Waals surface area contributed by atoms with Crippen molar-refractivity contribution in [1.29, 1.82) is 0 Å². The second-order valence-corrected chi connectivity index (χ2v) is 5.40. The average molecular weight is 338 g/mol. The van der Waals surface area contributed by atoms with Gasteiger partial charge in [0.05, 0.1) is 25.7 Å². The van der Waals surface area contributed by atoms with Crippen molar-refractivity contribution in [2.75, 3.05) is 19.6 Å². The van der Waals surface area contributed by atoms with E-state index in [4.69, 9.17) is 0 Å². The van der Waals surface area contributed by atoms with Gasteiger partial charge in [-0.05, 0) is 13.1 Å². The van der Waals surface area contributed by atoms with Crippen molar-refractivity contribution in [2.45, 2.75) is 39.6 Å². The molecule has 0 bridgehead atoms. The Hall–Kier alpha value is -2.19. The van der Waals surface area contributed by atoms with E-state index in [1.54, 1.807) is 0 Å². The summed E-state index contributed by atoms with van der Waals surface area (Å²) in [7, 11) is 0. The molecule has 0 aliphatic rings. The fourth-order valence-corrected chi connectivity index (χ4v) is 2.46. The van der Waals surface area contributed by atoms with Gasteiger partial charge in [-0.3, -0.25) is 0 Å². The lowest BCUT2D eigenvalue weighted by molar-refractivity contribution is 0.0991. The maximum atomic E-state index is 12.4. The lowest BCUT2D eigenvalue weighted by atomic mass is 10.3. The Bertz CT molecular complexity index is 692. The molecule has 8 nitrogen and oxygen atoms in total. The smallest absolute Gasteiger partial charge is 0.336 e. The third-order valence-electron chi connectivity index (χ3n) is 3.77. The van der Waals surface area contributed by atoms with E-state index in [0.717, 1.165) is 26.8 Å². The second-order valence-electron chi connectivity index (χ2n) is 5.40. The summed E-state index contributed by atoms with van der Waals surface area (Å²) in [6, 6.07) is 0. The van der Waals surface area contributed by atoms with Crippen LogP contribution in [0.1, 0.15) is 13.8 Å². The number of hydrogen-bond donors (Lipinski definition) is 1. The molecule has 1 N–H and O–H groups in total. The molecule has 0 aromatic carbocycles. The molecule has 8 heteroatoms. The molecule has 0 aliphatic heterocycles. The number of aliphatic hydroxyl groups excluding tert-OH is 1. The van der Waals surface area contributed by atoms with Crippen LogP contribution in [0.3, 0.4) is 0 Å². The predicted octanol–water partition coefficient (Wildman–Crippen LogP) is -0.754. The summed E-state index contributed by atoms with van der Waals surface area (Å²) < 4.78 is 2.73. The quantitative estimate of drug-likeness (QED) is 0.567. The van der Waals surface area contributed by atoms with Gasteiger partial charge in [0.2, 0.25) is 0 Å². The molecule has 24 heavy (non-hydrogen) atoms. The zero-order valence-corrected chi connectivity index (χ0v) is 14.3. The lowest BCUT2D eigenvalue weighted by Gasteiger charge is -2.22. The van der Waals surface area contributed by atoms with Gasteiger partial charge in [-0.25, -0.2) is 28.1 Å². The third kappa shape index (κ3) is 4.42. The maximum Gasteiger partial charge on any atom is 0.336 e. The first kappa shape index (κ1) is 19.9. The summed E-state index contributed by atoms with van der Waals surface area (Å²) in [5, 5.41) is 10.2. The molecular weight excluding hydrogens is 312 g/mol. The van der Waals surface area contributed by atoms with Gasteiger partial charge in [0.15, 0.2) is 0 Å². The van der Waals surface area contributed by atoms with Crippen molar-refractivity contribution >= 4 is 0 Å². The largest absolute Gasteiger partial charge is 0.390 e. The van der Waals surface area contributed by atoms with Crippen LogP contribution in [0.4, 0.5) is 0 Å². The van der Waals surface area contributed by atoms with E-state index in [0.29, 0.717) is 6.54 Å². The molecule has 1 heterocycles. The first-order chi connectivity index (χ1) is 11.4. The highest BCUT2D eigenvalue weighted by Crippen LogP contribution is 1.94. The van der Waals surface area contributed by atoms with Gasteiger partial charge in [0.25, 0.3) is 0 Å². The van der Waals surface area contributed by atoms with E-state index < -0.39 is 23.2 Å². The summed E-state index contributed by atoms with van der Waals surface area (Å²) >= 11 is 0. The molecule has 0 fully saturated rings. The van der Waals surface area contributed by atoms with E-state index >= 15 is 0 Å². The molecule has 1 atom stereocenters. The van der Waals surface area contributed by atoms with Gasteiger partial charge in [0, 0.05) is 6.54 Å². The number of aliphatic hydroxyl groups is 1. The summed E-state index contributed by atoms with van der Waals surface area (Å²) in [5.74, 6) is 0. The average Bonchev–Trinajstić information content (AvgIpc) is 2.57. The Morgan fingerprint density at radius 3 is 1.75 bits per heavy atom. The topological polar surface area (TPSA) is 89.5 Å². The van der Waals surface area contributed by atoms with E-state index in [2.05, 4.69) is 13.2 Å². The van der Waals surface area contributed by atoms with Crippen molar-refractivity contribution in [1.82, 2.24) is 18.6 Å². The van der Waals surface area contributed by atoms with Gasteiger partial charge in [0.1, 0.15) is 0 Å². The van der Waals surface area contributed by atoms with Gasteiger partial charge < -0.3 is 10.0 Å². The van der Waals surface area contributed by atoms with Crippen molar-refractivity contribution in [3.63, 3.8) is 0 Å². The Kier molecular flexibility index (Phi) is 7.60. The van der Waals surface area contributed by atoms with Crippen molar-refractivity contribution < 1.29 is 5.11 Å². The molecule has 0 amide bonds. The Morgan fingerprint density at radius 2 is 1.38 bits per heavy atom. The van der Waals surface area contributed by atoms with Crippen LogP contribution < -0.4 is 17.1 Å². The van der Waals surface area contributed by atoms with Crippen LogP contribution in [0.2, 0.25) is 0 Å². The third-order valence-corrected chi connectivity index (χ3v) is 3.77. The molecule has 0 saturated heterocycles. The molecular formula is C16H26N4O4. The van der Waals surface area contributed by atoms with Crippen LogP contribution in [0, 0.1) is 0 Å². The van der Waals surface area contributed by atoms with Gasteiger partial charge >= 0.3 is 17.1 Å².